The molecule has 0 aliphatic heterocycles. The minimum Gasteiger partial charge on any atom is -0.494 e. The Morgan fingerprint density at radius 2 is 0.714 bits per heavy atom. The number of rotatable bonds is 24. The summed E-state index contributed by atoms with van der Waals surface area (Å²) in [5, 5.41) is 0. The summed E-state index contributed by atoms with van der Waals surface area (Å²) in [4.78, 5) is 34.7. The van der Waals surface area contributed by atoms with E-state index in [9.17, 15) is 9.59 Å². The van der Waals surface area contributed by atoms with Crippen molar-refractivity contribution in [3.8, 4) is 45.3 Å². The lowest BCUT2D eigenvalue weighted by atomic mass is 10.0. The van der Waals surface area contributed by atoms with E-state index in [0.29, 0.717) is 22.6 Å². The van der Waals surface area contributed by atoms with Crippen LogP contribution in [0.25, 0.3) is 22.3 Å². The van der Waals surface area contributed by atoms with Gasteiger partial charge in [0.1, 0.15) is 23.0 Å². The third-order valence-corrected chi connectivity index (χ3v) is 10.4. The van der Waals surface area contributed by atoms with Gasteiger partial charge in [0.25, 0.3) is 0 Å². The van der Waals surface area contributed by atoms with E-state index in [0.717, 1.165) is 129 Å². The van der Waals surface area contributed by atoms with Crippen molar-refractivity contribution in [2.24, 2.45) is 9.98 Å². The summed E-state index contributed by atoms with van der Waals surface area (Å²) in [7, 11) is 0. The number of hydrogen-bond acceptors (Lipinski definition) is 8. The van der Waals surface area contributed by atoms with E-state index in [1.165, 1.54) is 0 Å². The Morgan fingerprint density at radius 1 is 0.397 bits per heavy atom. The fourth-order valence-electron chi connectivity index (χ4n) is 6.61. The summed E-state index contributed by atoms with van der Waals surface area (Å²) in [6.07, 6.45) is 13.4. The molecule has 8 heteroatoms. The van der Waals surface area contributed by atoms with Gasteiger partial charge in [-0.15, -0.1) is 0 Å². The number of esters is 2. The summed E-state index contributed by atoms with van der Waals surface area (Å²) < 4.78 is 22.7. The molecule has 0 amide bonds. The summed E-state index contributed by atoms with van der Waals surface area (Å²) in [5.41, 5.74) is 7.06. The average molecular weight is 843 g/mol. The van der Waals surface area contributed by atoms with E-state index in [1.54, 1.807) is 48.5 Å². The number of nitrogens with zero attached hydrogens (tertiary/aromatic N) is 2. The summed E-state index contributed by atoms with van der Waals surface area (Å²) in [6.45, 7) is 7.27. The lowest BCUT2D eigenvalue weighted by Crippen LogP contribution is -2.08. The van der Waals surface area contributed by atoms with Crippen molar-refractivity contribution in [2.75, 3.05) is 26.3 Å². The van der Waals surface area contributed by atoms with Gasteiger partial charge in [-0.2, -0.15) is 0 Å². The fraction of sp³-hybridized carbons (Fsp3) is 0.273. The normalized spacial score (nSPS) is 11.2. The first-order chi connectivity index (χ1) is 31.0. The number of ether oxygens (including phenoxy) is 4. The largest absolute Gasteiger partial charge is 0.494 e. The second kappa shape index (κ2) is 25.2. The molecule has 324 valence electrons. The standard InChI is InChI=1S/C55H58N2O6/c1-3-5-38-60-50-32-24-46(25-33-50)44-16-20-48(21-17-44)54(58)62-52-28-12-42(13-29-52)40-56-36-10-8-7-9-11-37-57-41-43-14-30-53(31-15-43)63-55(59)49-22-18-45(19-23-49)47-26-34-51(35-27-47)61-39-6-4-2/h12-35,40-41H,3-11,36-39H2,1-2H3. The Labute approximate surface area is 372 Å². The predicted octanol–water partition coefficient (Wildman–Crippen LogP) is 13.3. The fourth-order valence-corrected chi connectivity index (χ4v) is 6.61. The second-order valence-electron chi connectivity index (χ2n) is 15.4. The number of unbranched alkanes of at least 4 members (excludes halogenated alkanes) is 6. The summed E-state index contributed by atoms with van der Waals surface area (Å²) >= 11 is 0. The molecule has 0 fully saturated rings. The minimum atomic E-state index is -0.397. The highest BCUT2D eigenvalue weighted by Crippen LogP contribution is 2.26. The molecule has 0 bridgehead atoms. The van der Waals surface area contributed by atoms with Gasteiger partial charge in [0.2, 0.25) is 0 Å². The molecule has 0 N–H and O–H groups in total. The zero-order valence-corrected chi connectivity index (χ0v) is 36.5. The molecule has 6 aromatic rings. The third-order valence-electron chi connectivity index (χ3n) is 10.4. The van der Waals surface area contributed by atoms with Crippen molar-refractivity contribution in [3.05, 3.63) is 168 Å². The number of benzene rings is 6. The quantitative estimate of drug-likeness (QED) is 0.0261. The van der Waals surface area contributed by atoms with Crippen LogP contribution in [0, 0.1) is 0 Å². The van der Waals surface area contributed by atoms with Crippen molar-refractivity contribution in [2.45, 2.75) is 71.6 Å². The van der Waals surface area contributed by atoms with E-state index in [2.05, 4.69) is 23.8 Å². The van der Waals surface area contributed by atoms with Gasteiger partial charge < -0.3 is 18.9 Å². The number of carbonyl (C=O) groups is 2. The minimum absolute atomic E-state index is 0.397. The molecular weight excluding hydrogens is 785 g/mol. The van der Waals surface area contributed by atoms with Crippen LogP contribution in [0.2, 0.25) is 0 Å². The smallest absolute Gasteiger partial charge is 0.343 e. The molecule has 0 radical (unpaired) electrons. The average Bonchev–Trinajstić information content (AvgIpc) is 3.32. The molecule has 63 heavy (non-hydrogen) atoms. The number of carbonyl (C=O) groups excluding carboxylic acids is 2. The molecule has 0 heterocycles. The van der Waals surface area contributed by atoms with Crippen LogP contribution in [0.15, 0.2) is 156 Å². The SMILES string of the molecule is CCCCOc1ccc(-c2ccc(C(=O)Oc3ccc(C=NCCCCCCCN=Cc4ccc(OC(=O)c5ccc(-c6ccc(OCCCC)cc6)cc5)cc4)cc3)cc2)cc1. The van der Waals surface area contributed by atoms with Crippen LogP contribution >= 0.6 is 0 Å². The lowest BCUT2D eigenvalue weighted by molar-refractivity contribution is 0.0725. The Hall–Kier alpha value is -6.80. The molecule has 6 rings (SSSR count). The second-order valence-corrected chi connectivity index (χ2v) is 15.4. The van der Waals surface area contributed by atoms with Crippen LogP contribution in [-0.2, 0) is 0 Å². The molecule has 0 saturated carbocycles. The van der Waals surface area contributed by atoms with E-state index in [4.69, 9.17) is 18.9 Å². The van der Waals surface area contributed by atoms with Crippen LogP contribution in [0.5, 0.6) is 23.0 Å². The Bertz CT molecular complexity index is 2170. The van der Waals surface area contributed by atoms with Crippen molar-refractivity contribution >= 4 is 24.4 Å². The number of aliphatic imine (C=N–C) groups is 2. The first-order valence-corrected chi connectivity index (χ1v) is 22.3. The van der Waals surface area contributed by atoms with Gasteiger partial charge in [0.15, 0.2) is 0 Å². The van der Waals surface area contributed by atoms with Crippen molar-refractivity contribution in [1.82, 2.24) is 0 Å². The maximum atomic E-state index is 12.8. The topological polar surface area (TPSA) is 95.8 Å². The van der Waals surface area contributed by atoms with Gasteiger partial charge in [0.05, 0.1) is 24.3 Å². The molecule has 0 aliphatic rings. The molecule has 0 aliphatic carbocycles. The van der Waals surface area contributed by atoms with Gasteiger partial charge in [0, 0.05) is 25.5 Å². The molecule has 6 aromatic carbocycles. The first-order valence-electron chi connectivity index (χ1n) is 22.3. The molecule has 0 spiro atoms. The van der Waals surface area contributed by atoms with Gasteiger partial charge >= 0.3 is 11.9 Å². The van der Waals surface area contributed by atoms with Crippen LogP contribution in [0.1, 0.15) is 103 Å². The predicted molar refractivity (Wildman–Crippen MR) is 255 cm³/mol. The first kappa shape index (κ1) is 45.7. The van der Waals surface area contributed by atoms with E-state index < -0.39 is 11.9 Å². The van der Waals surface area contributed by atoms with Gasteiger partial charge in [-0.05, 0) is 156 Å². The Morgan fingerprint density at radius 3 is 1.06 bits per heavy atom. The monoisotopic (exact) mass is 842 g/mol. The van der Waals surface area contributed by atoms with Gasteiger partial charge in [-0.1, -0.05) is 94.5 Å². The summed E-state index contributed by atoms with van der Waals surface area (Å²) in [5.74, 6) is 1.92. The highest BCUT2D eigenvalue weighted by molar-refractivity contribution is 5.92. The van der Waals surface area contributed by atoms with Crippen molar-refractivity contribution in [3.63, 3.8) is 0 Å². The number of hydrogen-bond donors (Lipinski definition) is 0. The molecule has 0 saturated heterocycles. The van der Waals surface area contributed by atoms with Crippen LogP contribution in [0.3, 0.4) is 0 Å². The third kappa shape index (κ3) is 15.3. The van der Waals surface area contributed by atoms with E-state index in [-0.39, 0.29) is 0 Å². The van der Waals surface area contributed by atoms with E-state index in [1.807, 2.05) is 109 Å². The molecular formula is C55H58N2O6. The van der Waals surface area contributed by atoms with Crippen LogP contribution in [0.4, 0.5) is 0 Å². The zero-order chi connectivity index (χ0) is 43.9. The summed E-state index contributed by atoms with van der Waals surface area (Å²) in [6, 6.07) is 45.7. The molecule has 0 atom stereocenters. The van der Waals surface area contributed by atoms with Crippen LogP contribution < -0.4 is 18.9 Å². The van der Waals surface area contributed by atoms with Crippen molar-refractivity contribution < 1.29 is 28.5 Å². The lowest BCUT2D eigenvalue weighted by Gasteiger charge is -2.08. The maximum Gasteiger partial charge on any atom is 0.343 e. The maximum absolute atomic E-state index is 12.8. The van der Waals surface area contributed by atoms with Crippen LogP contribution in [-0.4, -0.2) is 50.7 Å². The molecule has 8 nitrogen and oxygen atoms in total. The highest BCUT2D eigenvalue weighted by Gasteiger charge is 2.11. The Kier molecular flexibility index (Phi) is 18.3. The zero-order valence-electron chi connectivity index (χ0n) is 36.5. The van der Waals surface area contributed by atoms with Crippen molar-refractivity contribution in [1.29, 1.82) is 0 Å². The van der Waals surface area contributed by atoms with Gasteiger partial charge in [-0.3, -0.25) is 9.98 Å². The Balaban J connectivity index is 0.807. The van der Waals surface area contributed by atoms with Gasteiger partial charge in [-0.25, -0.2) is 9.59 Å². The molecule has 0 unspecified atom stereocenters. The van der Waals surface area contributed by atoms with E-state index >= 15 is 0 Å². The molecule has 0 aromatic heterocycles. The highest BCUT2D eigenvalue weighted by atomic mass is 16.5.